The minimum atomic E-state index is -2.97. The summed E-state index contributed by atoms with van der Waals surface area (Å²) in [4.78, 5) is 26.0. The molecule has 142 valence electrons. The Hall–Kier alpha value is -2.74. The molecule has 1 aliphatic rings. The summed E-state index contributed by atoms with van der Waals surface area (Å²) in [6.45, 7) is -1.84. The number of nitrogens with zero attached hydrogens (tertiary/aromatic N) is 1. The van der Waals surface area contributed by atoms with Crippen molar-refractivity contribution in [2.45, 2.75) is 25.6 Å². The Morgan fingerprint density at radius 2 is 1.85 bits per heavy atom. The van der Waals surface area contributed by atoms with Gasteiger partial charge in [-0.3, -0.25) is 9.69 Å². The van der Waals surface area contributed by atoms with Crippen LogP contribution < -0.4 is 10.1 Å². The van der Waals surface area contributed by atoms with E-state index in [4.69, 9.17) is 11.6 Å². The molecule has 1 saturated heterocycles. The zero-order valence-corrected chi connectivity index (χ0v) is 14.8. The standard InChI is InChI=1S/C18H14ClF3N2O3/c1-18(10-5-7-11(8-6-10)27-16(21)22)15(25)24(17(26)23-18)9-12-13(19)3-2-4-14(12)20/h2-8,16H,9H2,1H3,(H,23,26). The fraction of sp³-hybridized carbons (Fsp3) is 0.222. The summed E-state index contributed by atoms with van der Waals surface area (Å²) in [5.74, 6) is -1.33. The number of nitrogens with one attached hydrogen (secondary N) is 1. The zero-order chi connectivity index (χ0) is 19.8. The average Bonchev–Trinajstić information content (AvgIpc) is 2.82. The first kappa shape index (κ1) is 19.0. The Morgan fingerprint density at radius 3 is 2.44 bits per heavy atom. The molecule has 0 bridgehead atoms. The first-order valence-electron chi connectivity index (χ1n) is 7.84. The molecule has 0 radical (unpaired) electrons. The van der Waals surface area contributed by atoms with Gasteiger partial charge in [-0.25, -0.2) is 9.18 Å². The average molecular weight is 399 g/mol. The number of ether oxygens (including phenoxy) is 1. The molecule has 1 aliphatic heterocycles. The summed E-state index contributed by atoms with van der Waals surface area (Å²) < 4.78 is 42.8. The van der Waals surface area contributed by atoms with Crippen molar-refractivity contribution >= 4 is 23.5 Å². The highest BCUT2D eigenvalue weighted by atomic mass is 35.5. The highest BCUT2D eigenvalue weighted by Gasteiger charge is 2.49. The fourth-order valence-corrected chi connectivity index (χ4v) is 3.07. The van der Waals surface area contributed by atoms with Crippen molar-refractivity contribution in [2.75, 3.05) is 0 Å². The Labute approximate surface area is 157 Å². The van der Waals surface area contributed by atoms with E-state index in [9.17, 15) is 22.8 Å². The molecule has 0 aliphatic carbocycles. The molecule has 0 aromatic heterocycles. The Kier molecular flexibility index (Phi) is 5.01. The van der Waals surface area contributed by atoms with Crippen LogP contribution in [0.2, 0.25) is 5.02 Å². The number of halogens is 4. The number of benzene rings is 2. The topological polar surface area (TPSA) is 58.6 Å². The highest BCUT2D eigenvalue weighted by Crippen LogP contribution is 2.32. The van der Waals surface area contributed by atoms with E-state index in [0.717, 1.165) is 4.90 Å². The molecule has 1 unspecified atom stereocenters. The van der Waals surface area contributed by atoms with E-state index in [0.29, 0.717) is 5.56 Å². The summed E-state index contributed by atoms with van der Waals surface area (Å²) in [5, 5.41) is 2.64. The third-order valence-corrected chi connectivity index (χ3v) is 4.66. The van der Waals surface area contributed by atoms with E-state index in [2.05, 4.69) is 10.1 Å². The summed E-state index contributed by atoms with van der Waals surface area (Å²) in [6, 6.07) is 8.67. The van der Waals surface area contributed by atoms with Crippen molar-refractivity contribution in [3.05, 3.63) is 64.4 Å². The molecular weight excluding hydrogens is 385 g/mol. The number of hydrogen-bond donors (Lipinski definition) is 1. The molecule has 1 N–H and O–H groups in total. The molecule has 9 heteroatoms. The Morgan fingerprint density at radius 1 is 1.19 bits per heavy atom. The number of urea groups is 1. The van der Waals surface area contributed by atoms with E-state index in [1.807, 2.05) is 0 Å². The van der Waals surface area contributed by atoms with Gasteiger partial charge in [-0.15, -0.1) is 0 Å². The second-order valence-electron chi connectivity index (χ2n) is 6.05. The molecule has 0 spiro atoms. The second kappa shape index (κ2) is 7.11. The van der Waals surface area contributed by atoms with Gasteiger partial charge >= 0.3 is 12.6 Å². The first-order valence-corrected chi connectivity index (χ1v) is 8.22. The molecule has 2 aromatic rings. The number of imide groups is 1. The van der Waals surface area contributed by atoms with Crippen LogP contribution in [0.5, 0.6) is 5.75 Å². The number of carbonyl (C=O) groups is 2. The SMILES string of the molecule is CC1(c2ccc(OC(F)F)cc2)NC(=O)N(Cc2c(F)cccc2Cl)C1=O. The van der Waals surface area contributed by atoms with E-state index in [1.165, 1.54) is 49.4 Å². The molecule has 1 heterocycles. The maximum Gasteiger partial charge on any atom is 0.387 e. The van der Waals surface area contributed by atoms with Crippen LogP contribution in [0.15, 0.2) is 42.5 Å². The molecule has 0 saturated carbocycles. The van der Waals surface area contributed by atoms with Gasteiger partial charge in [0.05, 0.1) is 6.54 Å². The Balaban J connectivity index is 1.86. The number of alkyl halides is 2. The van der Waals surface area contributed by atoms with Crippen molar-refractivity contribution in [3.8, 4) is 5.75 Å². The van der Waals surface area contributed by atoms with Crippen LogP contribution in [-0.2, 0) is 16.9 Å². The normalized spacial score (nSPS) is 19.6. The fourth-order valence-electron chi connectivity index (χ4n) is 2.85. The third kappa shape index (κ3) is 3.57. The van der Waals surface area contributed by atoms with Crippen LogP contribution in [0.25, 0.3) is 0 Å². The summed E-state index contributed by atoms with van der Waals surface area (Å²) in [5.41, 5.74) is -1.05. The maximum absolute atomic E-state index is 14.0. The monoisotopic (exact) mass is 398 g/mol. The van der Waals surface area contributed by atoms with Gasteiger partial charge in [0.15, 0.2) is 0 Å². The Bertz CT molecular complexity index is 872. The van der Waals surface area contributed by atoms with E-state index < -0.39 is 29.9 Å². The lowest BCUT2D eigenvalue weighted by Gasteiger charge is -2.22. The first-order chi connectivity index (χ1) is 12.7. The smallest absolute Gasteiger partial charge is 0.387 e. The van der Waals surface area contributed by atoms with Crippen LogP contribution in [0.4, 0.5) is 18.0 Å². The van der Waals surface area contributed by atoms with E-state index in [-0.39, 0.29) is 22.9 Å². The van der Waals surface area contributed by atoms with Gasteiger partial charge in [-0.2, -0.15) is 8.78 Å². The molecule has 3 amide bonds. The van der Waals surface area contributed by atoms with E-state index in [1.54, 1.807) is 0 Å². The second-order valence-corrected chi connectivity index (χ2v) is 6.46. The molecule has 3 rings (SSSR count). The number of carbonyl (C=O) groups excluding carboxylic acids is 2. The van der Waals surface area contributed by atoms with E-state index >= 15 is 0 Å². The minimum Gasteiger partial charge on any atom is -0.435 e. The van der Waals surface area contributed by atoms with Crippen molar-refractivity contribution < 1.29 is 27.5 Å². The molecule has 2 aromatic carbocycles. The van der Waals surface area contributed by atoms with Crippen LogP contribution in [0, 0.1) is 5.82 Å². The predicted octanol–water partition coefficient (Wildman–Crippen LogP) is 4.05. The number of rotatable bonds is 5. The van der Waals surface area contributed by atoms with Crippen molar-refractivity contribution in [1.82, 2.24) is 10.2 Å². The van der Waals surface area contributed by atoms with Crippen LogP contribution in [0.1, 0.15) is 18.1 Å². The highest BCUT2D eigenvalue weighted by molar-refractivity contribution is 6.31. The van der Waals surface area contributed by atoms with Crippen LogP contribution in [0.3, 0.4) is 0 Å². The number of amides is 3. The van der Waals surface area contributed by atoms with Crippen LogP contribution >= 0.6 is 11.6 Å². The molecule has 1 atom stereocenters. The quantitative estimate of drug-likeness (QED) is 0.773. The third-order valence-electron chi connectivity index (χ3n) is 4.31. The predicted molar refractivity (Wildman–Crippen MR) is 90.9 cm³/mol. The van der Waals surface area contributed by atoms with Gasteiger partial charge in [0.1, 0.15) is 17.1 Å². The summed E-state index contributed by atoms with van der Waals surface area (Å²) >= 11 is 5.97. The zero-order valence-electron chi connectivity index (χ0n) is 14.0. The van der Waals surface area contributed by atoms with Gasteiger partial charge in [0.2, 0.25) is 0 Å². The summed E-state index contributed by atoms with van der Waals surface area (Å²) in [6.07, 6.45) is 0. The van der Waals surface area contributed by atoms with Gasteiger partial charge in [-0.1, -0.05) is 29.8 Å². The lowest BCUT2D eigenvalue weighted by molar-refractivity contribution is -0.131. The van der Waals surface area contributed by atoms with Crippen LogP contribution in [-0.4, -0.2) is 23.4 Å². The lowest BCUT2D eigenvalue weighted by Crippen LogP contribution is -2.40. The molecule has 27 heavy (non-hydrogen) atoms. The van der Waals surface area contributed by atoms with Gasteiger partial charge in [0.25, 0.3) is 5.91 Å². The largest absolute Gasteiger partial charge is 0.435 e. The van der Waals surface area contributed by atoms with Crippen molar-refractivity contribution in [3.63, 3.8) is 0 Å². The van der Waals surface area contributed by atoms with Crippen molar-refractivity contribution in [1.29, 1.82) is 0 Å². The number of hydrogen-bond acceptors (Lipinski definition) is 3. The van der Waals surface area contributed by atoms with Gasteiger partial charge in [0, 0.05) is 10.6 Å². The lowest BCUT2D eigenvalue weighted by atomic mass is 9.92. The minimum absolute atomic E-state index is 0.0209. The van der Waals surface area contributed by atoms with Gasteiger partial charge < -0.3 is 10.1 Å². The summed E-state index contributed by atoms with van der Waals surface area (Å²) in [7, 11) is 0. The maximum atomic E-state index is 14.0. The van der Waals surface area contributed by atoms with Crippen molar-refractivity contribution in [2.24, 2.45) is 0 Å². The molecule has 5 nitrogen and oxygen atoms in total. The molecule has 1 fully saturated rings. The molecular formula is C18H14ClF3N2O3. The van der Waals surface area contributed by atoms with Gasteiger partial charge in [-0.05, 0) is 36.8 Å².